The molecule has 0 saturated heterocycles. The van der Waals surface area contributed by atoms with E-state index in [1.54, 1.807) is 10.7 Å². The van der Waals surface area contributed by atoms with Crippen molar-refractivity contribution < 1.29 is 4.79 Å². The fourth-order valence-corrected chi connectivity index (χ4v) is 2.51. The number of aryl methyl sites for hydroxylation is 1. The predicted molar refractivity (Wildman–Crippen MR) is 66.6 cm³/mol. The van der Waals surface area contributed by atoms with Crippen LogP contribution in [0.15, 0.2) is 6.20 Å². The third-order valence-corrected chi connectivity index (χ3v) is 3.36. The van der Waals surface area contributed by atoms with Gasteiger partial charge in [-0.15, -0.1) is 5.10 Å². The molecule has 0 radical (unpaired) electrons. The first kappa shape index (κ1) is 11.3. The van der Waals surface area contributed by atoms with E-state index in [4.69, 9.17) is 0 Å². The highest BCUT2D eigenvalue weighted by molar-refractivity contribution is 5.98. The Balaban J connectivity index is 2.18. The lowest BCUT2D eigenvalue weighted by Crippen LogP contribution is -2.21. The monoisotopic (exact) mass is 244 g/mol. The van der Waals surface area contributed by atoms with Crippen molar-refractivity contribution in [1.29, 1.82) is 0 Å². The third-order valence-electron chi connectivity index (χ3n) is 3.36. The Morgan fingerprint density at radius 1 is 1.44 bits per heavy atom. The van der Waals surface area contributed by atoms with Gasteiger partial charge in [0, 0.05) is 19.0 Å². The van der Waals surface area contributed by atoms with Crippen LogP contribution in [0.4, 0.5) is 0 Å². The molecule has 5 nitrogen and oxygen atoms in total. The summed E-state index contributed by atoms with van der Waals surface area (Å²) in [7, 11) is 0. The largest absolute Gasteiger partial charge is 0.294 e. The van der Waals surface area contributed by atoms with E-state index in [9.17, 15) is 4.79 Å². The van der Waals surface area contributed by atoms with Gasteiger partial charge < -0.3 is 0 Å². The smallest absolute Gasteiger partial charge is 0.252 e. The number of aromatic nitrogens is 4. The third kappa shape index (κ3) is 1.70. The van der Waals surface area contributed by atoms with Crippen LogP contribution in [-0.2, 0) is 12.8 Å². The van der Waals surface area contributed by atoms with Crippen molar-refractivity contribution in [2.45, 2.75) is 39.5 Å². The van der Waals surface area contributed by atoms with Gasteiger partial charge in [0.2, 0.25) is 0 Å². The molecule has 1 aliphatic carbocycles. The number of Topliss-reactive ketones (excluding diaryl/α,β-unsaturated/α-hetero) is 1. The SMILES string of the molecule is CCCc1nc2ncc3c(n2n1)CC(C)CC3=O. The Kier molecular flexibility index (Phi) is 2.61. The minimum Gasteiger partial charge on any atom is -0.294 e. The number of fused-ring (bicyclic) bond motifs is 3. The molecule has 1 unspecified atom stereocenters. The van der Waals surface area contributed by atoms with Crippen molar-refractivity contribution in [2.24, 2.45) is 5.92 Å². The topological polar surface area (TPSA) is 60.1 Å². The molecule has 94 valence electrons. The summed E-state index contributed by atoms with van der Waals surface area (Å²) in [6.45, 7) is 4.19. The average Bonchev–Trinajstić information content (AvgIpc) is 2.72. The lowest BCUT2D eigenvalue weighted by atomic mass is 9.88. The quantitative estimate of drug-likeness (QED) is 0.808. The minimum atomic E-state index is 0.172. The average molecular weight is 244 g/mol. The zero-order valence-corrected chi connectivity index (χ0v) is 10.7. The van der Waals surface area contributed by atoms with Crippen LogP contribution in [-0.4, -0.2) is 25.4 Å². The Morgan fingerprint density at radius 3 is 3.06 bits per heavy atom. The van der Waals surface area contributed by atoms with Crippen LogP contribution < -0.4 is 0 Å². The molecule has 1 aliphatic rings. The summed E-state index contributed by atoms with van der Waals surface area (Å²) in [4.78, 5) is 20.6. The van der Waals surface area contributed by atoms with Crippen LogP contribution in [0.25, 0.3) is 5.78 Å². The Labute approximate surface area is 105 Å². The molecule has 0 N–H and O–H groups in total. The first-order valence-corrected chi connectivity index (χ1v) is 6.45. The summed E-state index contributed by atoms with van der Waals surface area (Å²) in [5.74, 6) is 1.96. The van der Waals surface area contributed by atoms with Crippen LogP contribution in [0.3, 0.4) is 0 Å². The number of hydrogen-bond donors (Lipinski definition) is 0. The van der Waals surface area contributed by atoms with Gasteiger partial charge in [0.15, 0.2) is 11.6 Å². The van der Waals surface area contributed by atoms with Gasteiger partial charge in [-0.2, -0.15) is 4.98 Å². The lowest BCUT2D eigenvalue weighted by Gasteiger charge is -2.19. The molecule has 0 saturated carbocycles. The van der Waals surface area contributed by atoms with E-state index >= 15 is 0 Å². The molecule has 0 bridgehead atoms. The number of ketones is 1. The molecule has 2 aromatic rings. The van der Waals surface area contributed by atoms with Gasteiger partial charge >= 0.3 is 0 Å². The summed E-state index contributed by atoms with van der Waals surface area (Å²) >= 11 is 0. The molecule has 0 fully saturated rings. The molecule has 2 heterocycles. The van der Waals surface area contributed by atoms with E-state index in [0.717, 1.165) is 30.8 Å². The number of hydrogen-bond acceptors (Lipinski definition) is 4. The fraction of sp³-hybridized carbons (Fsp3) is 0.538. The van der Waals surface area contributed by atoms with Gasteiger partial charge in [0.05, 0.1) is 11.3 Å². The summed E-state index contributed by atoms with van der Waals surface area (Å²) in [5.41, 5.74) is 1.69. The maximum absolute atomic E-state index is 12.0. The number of carbonyl (C=O) groups excluding carboxylic acids is 1. The Bertz CT molecular complexity index is 617. The lowest BCUT2D eigenvalue weighted by molar-refractivity contribution is 0.0951. The number of nitrogens with zero attached hydrogens (tertiary/aromatic N) is 4. The minimum absolute atomic E-state index is 0.172. The molecule has 2 aromatic heterocycles. The highest BCUT2D eigenvalue weighted by atomic mass is 16.1. The molecule has 0 aliphatic heterocycles. The summed E-state index contributed by atoms with van der Waals surface area (Å²) in [6, 6.07) is 0. The second-order valence-electron chi connectivity index (χ2n) is 5.04. The van der Waals surface area contributed by atoms with Crippen molar-refractivity contribution in [3.8, 4) is 0 Å². The van der Waals surface area contributed by atoms with Gasteiger partial charge in [0.1, 0.15) is 0 Å². The molecule has 0 spiro atoms. The van der Waals surface area contributed by atoms with Crippen molar-refractivity contribution in [3.05, 3.63) is 23.3 Å². The first-order valence-electron chi connectivity index (χ1n) is 6.45. The van der Waals surface area contributed by atoms with Crippen LogP contribution in [0.2, 0.25) is 0 Å². The Hall–Kier alpha value is -1.78. The van der Waals surface area contributed by atoms with Crippen LogP contribution in [0.5, 0.6) is 0 Å². The second kappa shape index (κ2) is 4.15. The molecular formula is C13H16N4O. The van der Waals surface area contributed by atoms with Crippen molar-refractivity contribution in [1.82, 2.24) is 19.6 Å². The zero-order chi connectivity index (χ0) is 12.7. The zero-order valence-electron chi connectivity index (χ0n) is 10.7. The second-order valence-corrected chi connectivity index (χ2v) is 5.04. The number of carbonyl (C=O) groups is 1. The highest BCUT2D eigenvalue weighted by Crippen LogP contribution is 2.24. The summed E-state index contributed by atoms with van der Waals surface area (Å²) < 4.78 is 1.76. The van der Waals surface area contributed by atoms with E-state index in [2.05, 4.69) is 28.9 Å². The van der Waals surface area contributed by atoms with Crippen molar-refractivity contribution in [2.75, 3.05) is 0 Å². The Morgan fingerprint density at radius 2 is 2.28 bits per heavy atom. The number of rotatable bonds is 2. The van der Waals surface area contributed by atoms with Crippen LogP contribution >= 0.6 is 0 Å². The van der Waals surface area contributed by atoms with E-state index in [1.807, 2.05) is 0 Å². The summed E-state index contributed by atoms with van der Waals surface area (Å²) in [5, 5.41) is 4.48. The maximum Gasteiger partial charge on any atom is 0.252 e. The van der Waals surface area contributed by atoms with E-state index in [1.165, 1.54) is 0 Å². The molecule has 0 amide bonds. The van der Waals surface area contributed by atoms with Crippen LogP contribution in [0.1, 0.15) is 48.6 Å². The maximum atomic E-state index is 12.0. The van der Waals surface area contributed by atoms with Gasteiger partial charge in [-0.25, -0.2) is 9.50 Å². The normalized spacial score (nSPS) is 19.2. The predicted octanol–water partition coefficient (Wildman–Crippen LogP) is 1.84. The molecule has 5 heteroatoms. The first-order chi connectivity index (χ1) is 8.69. The summed E-state index contributed by atoms with van der Waals surface area (Å²) in [6.07, 6.45) is 4.99. The van der Waals surface area contributed by atoms with Crippen molar-refractivity contribution >= 4 is 11.6 Å². The highest BCUT2D eigenvalue weighted by Gasteiger charge is 2.26. The van der Waals surface area contributed by atoms with Gasteiger partial charge in [0.25, 0.3) is 5.78 Å². The fourth-order valence-electron chi connectivity index (χ4n) is 2.51. The molecule has 0 aromatic carbocycles. The van der Waals surface area contributed by atoms with E-state index < -0.39 is 0 Å². The molecule has 1 atom stereocenters. The van der Waals surface area contributed by atoms with E-state index in [-0.39, 0.29) is 5.78 Å². The van der Waals surface area contributed by atoms with E-state index in [0.29, 0.717) is 23.7 Å². The molecule has 18 heavy (non-hydrogen) atoms. The van der Waals surface area contributed by atoms with Gasteiger partial charge in [-0.05, 0) is 18.8 Å². The van der Waals surface area contributed by atoms with Crippen LogP contribution in [0, 0.1) is 5.92 Å². The van der Waals surface area contributed by atoms with Crippen molar-refractivity contribution in [3.63, 3.8) is 0 Å². The van der Waals surface area contributed by atoms with Gasteiger partial charge in [-0.3, -0.25) is 4.79 Å². The molecule has 3 rings (SSSR count). The molecular weight excluding hydrogens is 228 g/mol. The standard InChI is InChI=1S/C13H16N4O/c1-3-4-12-15-13-14-7-9-10(17(13)16-12)5-8(2)6-11(9)18/h7-8H,3-6H2,1-2H3. The van der Waals surface area contributed by atoms with Gasteiger partial charge in [-0.1, -0.05) is 13.8 Å².